The molecule has 94 valence electrons. The van der Waals surface area contributed by atoms with Gasteiger partial charge in [0.2, 0.25) is 0 Å². The molecule has 4 heteroatoms. The van der Waals surface area contributed by atoms with Gasteiger partial charge in [-0.05, 0) is 32.0 Å². The molecule has 1 heterocycles. The third-order valence-electron chi connectivity index (χ3n) is 2.69. The third-order valence-corrected chi connectivity index (χ3v) is 2.69. The number of ether oxygens (including phenoxy) is 1. The maximum atomic E-state index is 12.0. The predicted octanol–water partition coefficient (Wildman–Crippen LogP) is 2.87. The Labute approximate surface area is 106 Å². The zero-order valence-electron chi connectivity index (χ0n) is 10.5. The standard InChI is InChI=1S/C14H16N2O2/c1-10(2)16-9-8-12(13(16)15)14(17)18-11-6-4-3-5-7-11/h3-10H,15H2,1-2H3. The van der Waals surface area contributed by atoms with Crippen molar-refractivity contribution in [2.24, 2.45) is 0 Å². The van der Waals surface area contributed by atoms with Crippen LogP contribution in [0.2, 0.25) is 0 Å². The number of esters is 1. The molecule has 0 aliphatic rings. The Morgan fingerprint density at radius 3 is 2.44 bits per heavy atom. The first-order valence-corrected chi connectivity index (χ1v) is 5.83. The highest BCUT2D eigenvalue weighted by atomic mass is 16.5. The van der Waals surface area contributed by atoms with Crippen molar-refractivity contribution in [2.75, 3.05) is 5.73 Å². The van der Waals surface area contributed by atoms with Crippen molar-refractivity contribution in [1.29, 1.82) is 0 Å². The second kappa shape index (κ2) is 4.96. The van der Waals surface area contributed by atoms with Gasteiger partial charge >= 0.3 is 5.97 Å². The molecule has 0 aliphatic heterocycles. The quantitative estimate of drug-likeness (QED) is 0.667. The van der Waals surface area contributed by atoms with Gasteiger partial charge in [-0.3, -0.25) is 0 Å². The fourth-order valence-electron chi connectivity index (χ4n) is 1.73. The largest absolute Gasteiger partial charge is 0.423 e. The van der Waals surface area contributed by atoms with Crippen molar-refractivity contribution in [3.8, 4) is 5.75 Å². The van der Waals surface area contributed by atoms with Gasteiger partial charge in [-0.25, -0.2) is 4.79 Å². The molecule has 0 unspecified atom stereocenters. The van der Waals surface area contributed by atoms with Crippen LogP contribution in [0.5, 0.6) is 5.75 Å². The van der Waals surface area contributed by atoms with E-state index in [0.29, 0.717) is 17.1 Å². The summed E-state index contributed by atoms with van der Waals surface area (Å²) in [4.78, 5) is 12.0. The molecular formula is C14H16N2O2. The SMILES string of the molecule is CC(C)n1ccc(C(=O)Oc2ccccc2)c1N. The fourth-order valence-corrected chi connectivity index (χ4v) is 1.73. The van der Waals surface area contributed by atoms with Crippen LogP contribution in [0.1, 0.15) is 30.2 Å². The lowest BCUT2D eigenvalue weighted by Gasteiger charge is -2.10. The molecule has 0 aliphatic carbocycles. The lowest BCUT2D eigenvalue weighted by atomic mass is 10.3. The van der Waals surface area contributed by atoms with Gasteiger partial charge in [0, 0.05) is 12.2 Å². The maximum absolute atomic E-state index is 12.0. The van der Waals surface area contributed by atoms with Gasteiger partial charge in [0.25, 0.3) is 0 Å². The number of carbonyl (C=O) groups is 1. The lowest BCUT2D eigenvalue weighted by Crippen LogP contribution is -2.12. The number of nitrogens with two attached hydrogens (primary N) is 1. The third kappa shape index (κ3) is 2.37. The minimum Gasteiger partial charge on any atom is -0.423 e. The van der Waals surface area contributed by atoms with Crippen LogP contribution < -0.4 is 10.5 Å². The minimum absolute atomic E-state index is 0.211. The summed E-state index contributed by atoms with van der Waals surface area (Å²) in [6.45, 7) is 4.01. The molecule has 18 heavy (non-hydrogen) atoms. The average Bonchev–Trinajstić information content (AvgIpc) is 2.72. The van der Waals surface area contributed by atoms with Crippen molar-refractivity contribution in [1.82, 2.24) is 4.57 Å². The number of nitrogens with zero attached hydrogens (tertiary/aromatic N) is 1. The molecule has 0 fully saturated rings. The number of nitrogen functional groups attached to an aromatic ring is 1. The molecular weight excluding hydrogens is 228 g/mol. The van der Waals surface area contributed by atoms with Gasteiger partial charge in [-0.1, -0.05) is 18.2 Å². The molecule has 2 rings (SSSR count). The molecule has 2 N–H and O–H groups in total. The highest BCUT2D eigenvalue weighted by Crippen LogP contribution is 2.20. The van der Waals surface area contributed by atoms with Crippen LogP contribution in [0, 0.1) is 0 Å². The van der Waals surface area contributed by atoms with E-state index in [1.165, 1.54) is 0 Å². The van der Waals surface area contributed by atoms with E-state index >= 15 is 0 Å². The molecule has 1 aromatic heterocycles. The minimum atomic E-state index is -0.432. The van der Waals surface area contributed by atoms with E-state index < -0.39 is 5.97 Å². The van der Waals surface area contributed by atoms with Crippen molar-refractivity contribution in [2.45, 2.75) is 19.9 Å². The lowest BCUT2D eigenvalue weighted by molar-refractivity contribution is 0.0736. The predicted molar refractivity (Wildman–Crippen MR) is 70.6 cm³/mol. The number of rotatable bonds is 3. The van der Waals surface area contributed by atoms with E-state index in [9.17, 15) is 4.79 Å². The Hall–Kier alpha value is -2.23. The number of hydrogen-bond acceptors (Lipinski definition) is 3. The zero-order valence-corrected chi connectivity index (χ0v) is 10.5. The molecule has 0 spiro atoms. The number of carbonyl (C=O) groups excluding carboxylic acids is 1. The van der Waals surface area contributed by atoms with E-state index in [2.05, 4.69) is 0 Å². The zero-order chi connectivity index (χ0) is 13.1. The second-order valence-corrected chi connectivity index (χ2v) is 4.32. The highest BCUT2D eigenvalue weighted by molar-refractivity contribution is 5.95. The molecule has 0 amide bonds. The Morgan fingerprint density at radius 2 is 1.89 bits per heavy atom. The van der Waals surface area contributed by atoms with Crippen LogP contribution in [-0.4, -0.2) is 10.5 Å². The Bertz CT molecular complexity index is 544. The fraction of sp³-hybridized carbons (Fsp3) is 0.214. The van der Waals surface area contributed by atoms with Crippen LogP contribution in [-0.2, 0) is 0 Å². The van der Waals surface area contributed by atoms with Gasteiger partial charge in [-0.15, -0.1) is 0 Å². The number of para-hydroxylation sites is 1. The summed E-state index contributed by atoms with van der Waals surface area (Å²) in [5.74, 6) is 0.517. The molecule has 1 aromatic carbocycles. The van der Waals surface area contributed by atoms with Gasteiger partial charge in [0.1, 0.15) is 17.1 Å². The van der Waals surface area contributed by atoms with Crippen LogP contribution in [0.3, 0.4) is 0 Å². The molecule has 0 bridgehead atoms. The topological polar surface area (TPSA) is 57.2 Å². The Balaban J connectivity index is 2.20. The van der Waals surface area contributed by atoms with Crippen LogP contribution >= 0.6 is 0 Å². The van der Waals surface area contributed by atoms with Gasteiger partial charge < -0.3 is 15.0 Å². The van der Waals surface area contributed by atoms with E-state index in [4.69, 9.17) is 10.5 Å². The van der Waals surface area contributed by atoms with Crippen molar-refractivity contribution in [3.63, 3.8) is 0 Å². The summed E-state index contributed by atoms with van der Waals surface area (Å²) < 4.78 is 7.08. The van der Waals surface area contributed by atoms with E-state index in [1.807, 2.05) is 36.6 Å². The molecule has 0 saturated heterocycles. The van der Waals surface area contributed by atoms with Crippen molar-refractivity contribution >= 4 is 11.8 Å². The number of aromatic nitrogens is 1. The molecule has 2 aromatic rings. The Kier molecular flexibility index (Phi) is 3.37. The first-order chi connectivity index (χ1) is 8.59. The van der Waals surface area contributed by atoms with Crippen molar-refractivity contribution in [3.05, 3.63) is 48.2 Å². The van der Waals surface area contributed by atoms with E-state index in [1.54, 1.807) is 24.4 Å². The molecule has 0 radical (unpaired) electrons. The molecule has 4 nitrogen and oxygen atoms in total. The van der Waals surface area contributed by atoms with Crippen LogP contribution in [0.25, 0.3) is 0 Å². The van der Waals surface area contributed by atoms with Gasteiger partial charge in [-0.2, -0.15) is 0 Å². The summed E-state index contributed by atoms with van der Waals surface area (Å²) >= 11 is 0. The summed E-state index contributed by atoms with van der Waals surface area (Å²) in [6, 6.07) is 10.8. The van der Waals surface area contributed by atoms with Gasteiger partial charge in [0.15, 0.2) is 0 Å². The first kappa shape index (κ1) is 12.2. The summed E-state index contributed by atoms with van der Waals surface area (Å²) in [7, 11) is 0. The maximum Gasteiger partial charge on any atom is 0.347 e. The monoisotopic (exact) mass is 244 g/mol. The van der Waals surface area contributed by atoms with Crippen molar-refractivity contribution < 1.29 is 9.53 Å². The Morgan fingerprint density at radius 1 is 1.22 bits per heavy atom. The number of anilines is 1. The number of hydrogen-bond donors (Lipinski definition) is 1. The summed E-state index contributed by atoms with van der Waals surface area (Å²) in [5, 5.41) is 0. The van der Waals surface area contributed by atoms with Gasteiger partial charge in [0.05, 0.1) is 0 Å². The molecule has 0 atom stereocenters. The van der Waals surface area contributed by atoms with E-state index in [-0.39, 0.29) is 6.04 Å². The smallest absolute Gasteiger partial charge is 0.347 e. The highest BCUT2D eigenvalue weighted by Gasteiger charge is 2.16. The first-order valence-electron chi connectivity index (χ1n) is 5.83. The second-order valence-electron chi connectivity index (χ2n) is 4.32. The van der Waals surface area contributed by atoms with Crippen LogP contribution in [0.15, 0.2) is 42.6 Å². The summed E-state index contributed by atoms with van der Waals surface area (Å²) in [5.41, 5.74) is 6.32. The normalized spacial score (nSPS) is 10.6. The van der Waals surface area contributed by atoms with E-state index in [0.717, 1.165) is 0 Å². The number of benzene rings is 1. The summed E-state index contributed by atoms with van der Waals surface area (Å²) in [6.07, 6.45) is 1.79. The average molecular weight is 244 g/mol. The van der Waals surface area contributed by atoms with Crippen LogP contribution in [0.4, 0.5) is 5.82 Å². The molecule has 0 saturated carbocycles.